The van der Waals surface area contributed by atoms with Crippen LogP contribution in [0.15, 0.2) is 29.2 Å². The van der Waals surface area contributed by atoms with Gasteiger partial charge >= 0.3 is 0 Å². The largest absolute Gasteiger partial charge is 0.349 e. The van der Waals surface area contributed by atoms with Crippen LogP contribution in [-0.2, 0) is 10.8 Å². The first-order valence-electron chi connectivity index (χ1n) is 8.07. The number of benzene rings is 1. The molecule has 4 aliphatic rings. The van der Waals surface area contributed by atoms with Gasteiger partial charge in [-0.3, -0.25) is 9.00 Å². The Balaban J connectivity index is 1.47. The normalized spacial score (nSPS) is 37.0. The quantitative estimate of drug-likeness (QED) is 0.919. The lowest BCUT2D eigenvalue weighted by atomic mass is 9.65. The molecule has 4 nitrogen and oxygen atoms in total. The number of hydrogen-bond acceptors (Lipinski definition) is 3. The number of nitrogens with one attached hydrogen (secondary N) is 1. The van der Waals surface area contributed by atoms with Gasteiger partial charge in [0.05, 0.1) is 0 Å². The number of hydrogen-bond donors (Lipinski definition) is 1. The van der Waals surface area contributed by atoms with Crippen LogP contribution in [0.3, 0.4) is 0 Å². The van der Waals surface area contributed by atoms with Crippen molar-refractivity contribution in [1.29, 1.82) is 0 Å². The molecule has 5 heteroatoms. The monoisotopic (exact) mass is 318 g/mol. The standard InChI is InChI=1S/C17H22N2O2S/c1-22(21)15-4-2-12(3-5-15)17(20)18-16-13-6-11-7-14(16)10-19(8-11)9-13/h2-5,11,13-14,16H,6-10H2,1H3,(H,18,20)/t11?,13-,14+,16?,22?. The van der Waals surface area contributed by atoms with Crippen molar-refractivity contribution in [2.75, 3.05) is 25.9 Å². The number of rotatable bonds is 3. The summed E-state index contributed by atoms with van der Waals surface area (Å²) in [6, 6.07) is 7.47. The van der Waals surface area contributed by atoms with Crippen LogP contribution in [0.2, 0.25) is 0 Å². The van der Waals surface area contributed by atoms with Crippen molar-refractivity contribution < 1.29 is 9.00 Å². The fourth-order valence-corrected chi connectivity index (χ4v) is 5.20. The predicted molar refractivity (Wildman–Crippen MR) is 86.2 cm³/mol. The molecule has 1 aliphatic carbocycles. The molecule has 1 amide bonds. The van der Waals surface area contributed by atoms with E-state index in [9.17, 15) is 9.00 Å². The number of amides is 1. The average molecular weight is 318 g/mol. The van der Waals surface area contributed by atoms with E-state index in [-0.39, 0.29) is 5.91 Å². The first-order chi connectivity index (χ1) is 10.6. The molecule has 6 atom stereocenters. The molecule has 3 aliphatic heterocycles. The first-order valence-corrected chi connectivity index (χ1v) is 9.62. The Bertz CT molecular complexity index is 586. The van der Waals surface area contributed by atoms with Gasteiger partial charge in [0, 0.05) is 53.2 Å². The number of nitrogens with zero attached hydrogens (tertiary/aromatic N) is 1. The third-order valence-corrected chi connectivity index (χ3v) is 6.47. The van der Waals surface area contributed by atoms with Gasteiger partial charge in [-0.05, 0) is 54.9 Å². The first kappa shape index (κ1) is 14.4. The van der Waals surface area contributed by atoms with Gasteiger partial charge in [-0.25, -0.2) is 0 Å². The van der Waals surface area contributed by atoms with Crippen LogP contribution >= 0.6 is 0 Å². The van der Waals surface area contributed by atoms with E-state index < -0.39 is 10.8 Å². The zero-order valence-corrected chi connectivity index (χ0v) is 13.6. The Morgan fingerprint density at radius 1 is 1.14 bits per heavy atom. The summed E-state index contributed by atoms with van der Waals surface area (Å²) in [5.74, 6) is 2.11. The molecule has 1 N–H and O–H groups in total. The van der Waals surface area contributed by atoms with Crippen molar-refractivity contribution in [3.05, 3.63) is 29.8 Å². The number of carbonyl (C=O) groups is 1. The number of piperidine rings is 3. The lowest BCUT2D eigenvalue weighted by molar-refractivity contribution is -0.0418. The van der Waals surface area contributed by atoms with Crippen molar-refractivity contribution in [3.8, 4) is 0 Å². The van der Waals surface area contributed by atoms with Gasteiger partial charge in [-0.1, -0.05) is 0 Å². The summed E-state index contributed by atoms with van der Waals surface area (Å²) in [6.45, 7) is 3.56. The maximum Gasteiger partial charge on any atom is 0.251 e. The van der Waals surface area contributed by atoms with E-state index >= 15 is 0 Å². The fraction of sp³-hybridized carbons (Fsp3) is 0.588. The van der Waals surface area contributed by atoms with Crippen molar-refractivity contribution in [2.45, 2.75) is 23.8 Å². The molecule has 4 bridgehead atoms. The molecule has 5 rings (SSSR count). The highest BCUT2D eigenvalue weighted by Gasteiger charge is 2.47. The van der Waals surface area contributed by atoms with Crippen LogP contribution in [-0.4, -0.2) is 46.9 Å². The molecule has 1 saturated carbocycles. The second kappa shape index (κ2) is 5.46. The Morgan fingerprint density at radius 3 is 2.32 bits per heavy atom. The van der Waals surface area contributed by atoms with Crippen LogP contribution in [0, 0.1) is 17.8 Å². The minimum atomic E-state index is -0.997. The Labute approximate surface area is 133 Å². The Morgan fingerprint density at radius 2 is 1.77 bits per heavy atom. The van der Waals surface area contributed by atoms with Gasteiger partial charge in [-0.2, -0.15) is 0 Å². The summed E-state index contributed by atoms with van der Waals surface area (Å²) in [4.78, 5) is 15.9. The van der Waals surface area contributed by atoms with E-state index in [1.165, 1.54) is 19.4 Å². The van der Waals surface area contributed by atoms with E-state index in [2.05, 4.69) is 10.2 Å². The van der Waals surface area contributed by atoms with E-state index in [0.717, 1.165) is 23.9 Å². The van der Waals surface area contributed by atoms with Crippen molar-refractivity contribution in [1.82, 2.24) is 10.2 Å². The van der Waals surface area contributed by atoms with E-state index in [1.807, 2.05) is 0 Å². The topological polar surface area (TPSA) is 49.4 Å². The van der Waals surface area contributed by atoms with E-state index in [4.69, 9.17) is 0 Å². The van der Waals surface area contributed by atoms with Crippen molar-refractivity contribution in [3.63, 3.8) is 0 Å². The SMILES string of the molecule is CS(=O)c1ccc(C(=O)NC2[C@@H]3CC4C[C@H]2CN(C4)C3)cc1. The summed E-state index contributed by atoms with van der Waals surface area (Å²) in [5.41, 5.74) is 0.670. The van der Waals surface area contributed by atoms with E-state index in [1.54, 1.807) is 30.5 Å². The molecule has 3 saturated heterocycles. The van der Waals surface area contributed by atoms with Gasteiger partial charge in [0.25, 0.3) is 5.91 Å². The molecule has 4 fully saturated rings. The molecule has 0 radical (unpaired) electrons. The van der Waals surface area contributed by atoms with E-state index in [0.29, 0.717) is 23.4 Å². The Hall–Kier alpha value is -1.20. The zero-order chi connectivity index (χ0) is 15.3. The predicted octanol–water partition coefficient (Wildman–Crippen LogP) is 1.49. The molecule has 4 unspecified atom stereocenters. The highest BCUT2D eigenvalue weighted by molar-refractivity contribution is 7.84. The van der Waals surface area contributed by atoms with Gasteiger partial charge in [0.2, 0.25) is 0 Å². The van der Waals surface area contributed by atoms with Crippen LogP contribution in [0.4, 0.5) is 0 Å². The summed E-state index contributed by atoms with van der Waals surface area (Å²) in [7, 11) is -0.997. The molecule has 22 heavy (non-hydrogen) atoms. The minimum Gasteiger partial charge on any atom is -0.349 e. The van der Waals surface area contributed by atoms with Gasteiger partial charge < -0.3 is 10.2 Å². The lowest BCUT2D eigenvalue weighted by Crippen LogP contribution is -2.64. The molecule has 118 valence electrons. The molecule has 1 aromatic carbocycles. The smallest absolute Gasteiger partial charge is 0.251 e. The second-order valence-electron chi connectivity index (χ2n) is 7.05. The van der Waals surface area contributed by atoms with Crippen LogP contribution in [0.1, 0.15) is 23.2 Å². The third kappa shape index (κ3) is 2.50. The average Bonchev–Trinajstić information content (AvgIpc) is 2.50. The molecule has 3 heterocycles. The van der Waals surface area contributed by atoms with Gasteiger partial charge in [-0.15, -0.1) is 0 Å². The maximum atomic E-state index is 12.5. The van der Waals surface area contributed by atoms with Gasteiger partial charge in [0.1, 0.15) is 0 Å². The second-order valence-corrected chi connectivity index (χ2v) is 8.43. The van der Waals surface area contributed by atoms with Crippen molar-refractivity contribution >= 4 is 16.7 Å². The summed E-state index contributed by atoms with van der Waals surface area (Å²) >= 11 is 0. The highest BCUT2D eigenvalue weighted by Crippen LogP contribution is 2.43. The van der Waals surface area contributed by atoms with Crippen LogP contribution < -0.4 is 5.32 Å². The highest BCUT2D eigenvalue weighted by atomic mass is 32.2. The van der Waals surface area contributed by atoms with Crippen LogP contribution in [0.25, 0.3) is 0 Å². The zero-order valence-electron chi connectivity index (χ0n) is 12.8. The summed E-state index contributed by atoms with van der Waals surface area (Å²) < 4.78 is 11.4. The number of carbonyl (C=O) groups excluding carboxylic acids is 1. The Kier molecular flexibility index (Phi) is 3.57. The molecule has 0 spiro atoms. The summed E-state index contributed by atoms with van der Waals surface area (Å²) in [5, 5.41) is 3.29. The minimum absolute atomic E-state index is 0.0147. The van der Waals surface area contributed by atoms with Crippen molar-refractivity contribution in [2.24, 2.45) is 17.8 Å². The molecular weight excluding hydrogens is 296 g/mol. The lowest BCUT2D eigenvalue weighted by Gasteiger charge is -2.55. The van der Waals surface area contributed by atoms with Gasteiger partial charge in [0.15, 0.2) is 0 Å². The summed E-state index contributed by atoms with van der Waals surface area (Å²) in [6.07, 6.45) is 4.19. The van der Waals surface area contributed by atoms with Crippen LogP contribution in [0.5, 0.6) is 0 Å². The molecule has 0 aromatic heterocycles. The molecular formula is C17H22N2O2S. The fourth-order valence-electron chi connectivity index (χ4n) is 4.68. The maximum absolute atomic E-state index is 12.5. The molecule has 1 aromatic rings. The third-order valence-electron chi connectivity index (χ3n) is 5.54.